The van der Waals surface area contributed by atoms with Crippen LogP contribution in [0, 0.1) is 5.82 Å². The highest BCUT2D eigenvalue weighted by Gasteiger charge is 2.10. The number of hydrogen-bond donors (Lipinski definition) is 2. The van der Waals surface area contributed by atoms with Crippen molar-refractivity contribution in [3.8, 4) is 0 Å². The highest BCUT2D eigenvalue weighted by atomic mass is 32.1. The van der Waals surface area contributed by atoms with Gasteiger partial charge in [-0.2, -0.15) is 0 Å². The van der Waals surface area contributed by atoms with Crippen LogP contribution in [0.25, 0.3) is 0 Å². The zero-order chi connectivity index (χ0) is 14.4. The number of aromatic nitrogens is 2. The summed E-state index contributed by atoms with van der Waals surface area (Å²) in [6, 6.07) is 6.62. The second-order valence-corrected chi connectivity index (χ2v) is 5.63. The standard InChI is InChI=1S/C14H18FN3OS/c1-2-12(7-8-19)16-14-18-17-13(20-14)9-10-3-5-11(15)6-4-10/h3-6,12,19H,2,7-9H2,1H3,(H,16,18). The molecule has 0 saturated carbocycles. The Morgan fingerprint density at radius 3 is 2.70 bits per heavy atom. The normalized spacial score (nSPS) is 12.3. The highest BCUT2D eigenvalue weighted by Crippen LogP contribution is 2.20. The van der Waals surface area contributed by atoms with E-state index in [0.29, 0.717) is 12.8 Å². The van der Waals surface area contributed by atoms with Crippen molar-refractivity contribution in [2.24, 2.45) is 0 Å². The van der Waals surface area contributed by atoms with E-state index in [2.05, 4.69) is 22.4 Å². The first-order valence-electron chi connectivity index (χ1n) is 6.65. The van der Waals surface area contributed by atoms with Gasteiger partial charge in [0.05, 0.1) is 0 Å². The first-order chi connectivity index (χ1) is 9.71. The molecule has 2 rings (SSSR count). The predicted molar refractivity (Wildman–Crippen MR) is 78.5 cm³/mol. The molecule has 0 saturated heterocycles. The average molecular weight is 295 g/mol. The molecule has 0 aliphatic heterocycles. The fourth-order valence-electron chi connectivity index (χ4n) is 1.87. The molecule has 1 atom stereocenters. The molecule has 108 valence electrons. The van der Waals surface area contributed by atoms with Crippen molar-refractivity contribution in [3.05, 3.63) is 40.7 Å². The summed E-state index contributed by atoms with van der Waals surface area (Å²) in [5.41, 5.74) is 1.01. The Morgan fingerprint density at radius 1 is 1.30 bits per heavy atom. The zero-order valence-electron chi connectivity index (χ0n) is 11.3. The Balaban J connectivity index is 1.96. The number of aliphatic hydroxyl groups excluding tert-OH is 1. The molecule has 4 nitrogen and oxygen atoms in total. The van der Waals surface area contributed by atoms with E-state index in [1.165, 1.54) is 23.5 Å². The molecule has 1 heterocycles. The third-order valence-corrected chi connectivity index (χ3v) is 3.89. The molecular weight excluding hydrogens is 277 g/mol. The topological polar surface area (TPSA) is 58.0 Å². The third kappa shape index (κ3) is 4.25. The summed E-state index contributed by atoms with van der Waals surface area (Å²) in [7, 11) is 0. The monoisotopic (exact) mass is 295 g/mol. The predicted octanol–water partition coefficient (Wildman–Crippen LogP) is 2.84. The van der Waals surface area contributed by atoms with Crippen molar-refractivity contribution >= 4 is 16.5 Å². The number of anilines is 1. The van der Waals surface area contributed by atoms with Crippen molar-refractivity contribution < 1.29 is 9.50 Å². The minimum atomic E-state index is -0.233. The summed E-state index contributed by atoms with van der Waals surface area (Å²) in [6.07, 6.45) is 2.27. The van der Waals surface area contributed by atoms with Gasteiger partial charge in [-0.15, -0.1) is 10.2 Å². The van der Waals surface area contributed by atoms with Gasteiger partial charge in [-0.05, 0) is 30.5 Å². The highest BCUT2D eigenvalue weighted by molar-refractivity contribution is 7.15. The number of halogens is 1. The second kappa shape index (κ2) is 7.31. The van der Waals surface area contributed by atoms with Gasteiger partial charge in [-0.3, -0.25) is 0 Å². The Labute approximate surface area is 121 Å². The van der Waals surface area contributed by atoms with Crippen LogP contribution in [0.5, 0.6) is 0 Å². The molecule has 0 spiro atoms. The van der Waals surface area contributed by atoms with Crippen molar-refractivity contribution in [2.45, 2.75) is 32.2 Å². The molecule has 1 aromatic heterocycles. The van der Waals surface area contributed by atoms with Gasteiger partial charge in [0.25, 0.3) is 0 Å². The van der Waals surface area contributed by atoms with Crippen LogP contribution >= 0.6 is 11.3 Å². The molecular formula is C14H18FN3OS. The summed E-state index contributed by atoms with van der Waals surface area (Å²) in [4.78, 5) is 0. The molecule has 20 heavy (non-hydrogen) atoms. The van der Waals surface area contributed by atoms with Crippen LogP contribution in [0.15, 0.2) is 24.3 Å². The number of rotatable bonds is 7. The van der Waals surface area contributed by atoms with Crippen molar-refractivity contribution in [2.75, 3.05) is 11.9 Å². The van der Waals surface area contributed by atoms with Crippen molar-refractivity contribution in [1.82, 2.24) is 10.2 Å². The molecule has 0 fully saturated rings. The summed E-state index contributed by atoms with van der Waals surface area (Å²) in [6.45, 7) is 2.22. The SMILES string of the molecule is CCC(CCO)Nc1nnc(Cc2ccc(F)cc2)s1. The first-order valence-corrected chi connectivity index (χ1v) is 7.47. The van der Waals surface area contributed by atoms with E-state index in [1.54, 1.807) is 12.1 Å². The lowest BCUT2D eigenvalue weighted by molar-refractivity contribution is 0.278. The van der Waals surface area contributed by atoms with Gasteiger partial charge in [0.15, 0.2) is 0 Å². The van der Waals surface area contributed by atoms with Gasteiger partial charge in [0.1, 0.15) is 10.8 Å². The minimum absolute atomic E-state index is 0.159. The Bertz CT molecular complexity index is 529. The molecule has 1 unspecified atom stereocenters. The Hall–Kier alpha value is -1.53. The van der Waals surface area contributed by atoms with Crippen LogP contribution in [0.4, 0.5) is 9.52 Å². The largest absolute Gasteiger partial charge is 0.396 e. The lowest BCUT2D eigenvalue weighted by Gasteiger charge is -2.13. The van der Waals surface area contributed by atoms with E-state index in [9.17, 15) is 4.39 Å². The van der Waals surface area contributed by atoms with E-state index < -0.39 is 0 Å². The van der Waals surface area contributed by atoms with Gasteiger partial charge in [0.2, 0.25) is 5.13 Å². The van der Waals surface area contributed by atoms with Crippen LogP contribution in [0.2, 0.25) is 0 Å². The van der Waals surface area contributed by atoms with Gasteiger partial charge >= 0.3 is 0 Å². The maximum atomic E-state index is 12.8. The lowest BCUT2D eigenvalue weighted by Crippen LogP contribution is -2.19. The number of benzene rings is 1. The number of nitrogens with one attached hydrogen (secondary N) is 1. The Kier molecular flexibility index (Phi) is 5.43. The molecule has 0 radical (unpaired) electrons. The smallest absolute Gasteiger partial charge is 0.205 e. The zero-order valence-corrected chi connectivity index (χ0v) is 12.2. The lowest BCUT2D eigenvalue weighted by atomic mass is 10.2. The summed E-state index contributed by atoms with van der Waals surface area (Å²) in [5, 5.41) is 22.1. The van der Waals surface area contributed by atoms with Crippen LogP contribution in [-0.4, -0.2) is 28.0 Å². The van der Waals surface area contributed by atoms with E-state index in [-0.39, 0.29) is 18.5 Å². The van der Waals surface area contributed by atoms with Crippen LogP contribution in [-0.2, 0) is 6.42 Å². The second-order valence-electron chi connectivity index (χ2n) is 4.57. The van der Waals surface area contributed by atoms with Crippen LogP contribution < -0.4 is 5.32 Å². The minimum Gasteiger partial charge on any atom is -0.396 e. The number of nitrogens with zero attached hydrogens (tertiary/aromatic N) is 2. The molecule has 2 aromatic rings. The summed E-state index contributed by atoms with van der Waals surface area (Å²) < 4.78 is 12.8. The fraction of sp³-hybridized carbons (Fsp3) is 0.429. The van der Waals surface area contributed by atoms with Gasteiger partial charge < -0.3 is 10.4 Å². The first kappa shape index (κ1) is 14.9. The molecule has 1 aromatic carbocycles. The Morgan fingerprint density at radius 2 is 2.05 bits per heavy atom. The van der Waals surface area contributed by atoms with E-state index in [1.807, 2.05) is 0 Å². The molecule has 0 aliphatic carbocycles. The summed E-state index contributed by atoms with van der Waals surface area (Å²) in [5.74, 6) is -0.233. The van der Waals surface area contributed by atoms with E-state index in [0.717, 1.165) is 22.1 Å². The van der Waals surface area contributed by atoms with Crippen LogP contribution in [0.1, 0.15) is 30.3 Å². The number of aliphatic hydroxyl groups is 1. The molecule has 6 heteroatoms. The van der Waals surface area contributed by atoms with E-state index >= 15 is 0 Å². The van der Waals surface area contributed by atoms with Gasteiger partial charge in [0, 0.05) is 19.1 Å². The maximum Gasteiger partial charge on any atom is 0.205 e. The quantitative estimate of drug-likeness (QED) is 0.824. The van der Waals surface area contributed by atoms with Crippen molar-refractivity contribution in [1.29, 1.82) is 0 Å². The fourth-order valence-corrected chi connectivity index (χ4v) is 2.72. The molecule has 0 aliphatic rings. The third-order valence-electron chi connectivity index (χ3n) is 3.03. The summed E-state index contributed by atoms with van der Waals surface area (Å²) >= 11 is 1.49. The molecule has 2 N–H and O–H groups in total. The number of hydrogen-bond acceptors (Lipinski definition) is 5. The average Bonchev–Trinajstić information content (AvgIpc) is 2.88. The molecule has 0 bridgehead atoms. The van der Waals surface area contributed by atoms with Crippen molar-refractivity contribution in [3.63, 3.8) is 0 Å². The van der Waals surface area contributed by atoms with Gasteiger partial charge in [-0.1, -0.05) is 30.4 Å². The molecule has 0 amide bonds. The van der Waals surface area contributed by atoms with Gasteiger partial charge in [-0.25, -0.2) is 4.39 Å². The van der Waals surface area contributed by atoms with Crippen LogP contribution in [0.3, 0.4) is 0 Å². The maximum absolute atomic E-state index is 12.8. The van der Waals surface area contributed by atoms with E-state index in [4.69, 9.17) is 5.11 Å².